The van der Waals surface area contributed by atoms with E-state index in [1.165, 1.54) is 0 Å². The molecule has 90 valence electrons. The summed E-state index contributed by atoms with van der Waals surface area (Å²) in [7, 11) is 0. The summed E-state index contributed by atoms with van der Waals surface area (Å²) in [5, 5.41) is 20.7. The van der Waals surface area contributed by atoms with Crippen LogP contribution in [-0.4, -0.2) is 46.0 Å². The number of aliphatic hydroxyl groups is 2. The van der Waals surface area contributed by atoms with E-state index in [0.29, 0.717) is 24.1 Å². The van der Waals surface area contributed by atoms with Crippen LogP contribution in [0.2, 0.25) is 0 Å². The molecule has 1 heterocycles. The Morgan fingerprint density at radius 1 is 1.50 bits per heavy atom. The van der Waals surface area contributed by atoms with Crippen molar-refractivity contribution in [3.8, 4) is 5.88 Å². The number of hydrogen-bond acceptors (Lipinski definition) is 6. The molecule has 6 heteroatoms. The molecule has 0 aliphatic heterocycles. The average molecular weight is 227 g/mol. The molecular formula is C10H17N3O3. The topological polar surface area (TPSA) is 87.5 Å². The number of nitrogens with one attached hydrogen (secondary N) is 1. The zero-order chi connectivity index (χ0) is 12.0. The monoisotopic (exact) mass is 227 g/mol. The van der Waals surface area contributed by atoms with Gasteiger partial charge in [-0.05, 0) is 13.8 Å². The van der Waals surface area contributed by atoms with E-state index >= 15 is 0 Å². The molecule has 1 atom stereocenters. The number of anilines is 1. The molecule has 0 amide bonds. The second kappa shape index (κ2) is 6.24. The average Bonchev–Trinajstić information content (AvgIpc) is 2.25. The van der Waals surface area contributed by atoms with E-state index in [9.17, 15) is 5.11 Å². The van der Waals surface area contributed by atoms with Crippen LogP contribution in [0, 0.1) is 6.92 Å². The number of aromatic nitrogens is 2. The SMILES string of the molecule is CCOc1cc(NCC(O)CO)nc(C)n1. The van der Waals surface area contributed by atoms with E-state index in [1.807, 2.05) is 6.92 Å². The Labute approximate surface area is 94.3 Å². The van der Waals surface area contributed by atoms with Crippen molar-refractivity contribution in [2.75, 3.05) is 25.1 Å². The quantitative estimate of drug-likeness (QED) is 0.631. The maximum Gasteiger partial charge on any atom is 0.218 e. The van der Waals surface area contributed by atoms with Crippen LogP contribution in [0.5, 0.6) is 5.88 Å². The molecule has 1 aromatic heterocycles. The zero-order valence-corrected chi connectivity index (χ0v) is 9.47. The fourth-order valence-electron chi connectivity index (χ4n) is 1.14. The summed E-state index contributed by atoms with van der Waals surface area (Å²) in [4.78, 5) is 8.21. The van der Waals surface area contributed by atoms with Gasteiger partial charge in [-0.2, -0.15) is 4.98 Å². The Balaban J connectivity index is 2.64. The molecule has 1 rings (SSSR count). The molecule has 0 aliphatic carbocycles. The fraction of sp³-hybridized carbons (Fsp3) is 0.600. The molecule has 0 radical (unpaired) electrons. The van der Waals surface area contributed by atoms with Gasteiger partial charge in [-0.1, -0.05) is 0 Å². The van der Waals surface area contributed by atoms with Crippen molar-refractivity contribution >= 4 is 5.82 Å². The third kappa shape index (κ3) is 4.00. The summed E-state index contributed by atoms with van der Waals surface area (Å²) in [5.41, 5.74) is 0. The van der Waals surface area contributed by atoms with Crippen molar-refractivity contribution in [2.45, 2.75) is 20.0 Å². The summed E-state index contributed by atoms with van der Waals surface area (Å²) in [6, 6.07) is 1.65. The van der Waals surface area contributed by atoms with Crippen molar-refractivity contribution in [1.29, 1.82) is 0 Å². The van der Waals surface area contributed by atoms with E-state index in [-0.39, 0.29) is 13.2 Å². The molecule has 0 spiro atoms. The molecule has 0 aliphatic rings. The number of ether oxygens (including phenoxy) is 1. The van der Waals surface area contributed by atoms with Crippen LogP contribution in [0.3, 0.4) is 0 Å². The molecular weight excluding hydrogens is 210 g/mol. The number of aryl methyl sites for hydroxylation is 1. The smallest absolute Gasteiger partial charge is 0.218 e. The van der Waals surface area contributed by atoms with E-state index in [1.54, 1.807) is 13.0 Å². The molecule has 0 fully saturated rings. The highest BCUT2D eigenvalue weighted by Crippen LogP contribution is 2.13. The van der Waals surface area contributed by atoms with Crippen LogP contribution in [0.25, 0.3) is 0 Å². The Morgan fingerprint density at radius 3 is 2.88 bits per heavy atom. The van der Waals surface area contributed by atoms with Gasteiger partial charge in [-0.15, -0.1) is 0 Å². The van der Waals surface area contributed by atoms with Gasteiger partial charge in [0, 0.05) is 12.6 Å². The Hall–Kier alpha value is -1.40. The Kier molecular flexibility index (Phi) is 4.94. The maximum absolute atomic E-state index is 9.17. The van der Waals surface area contributed by atoms with Gasteiger partial charge in [-0.3, -0.25) is 0 Å². The normalized spacial score (nSPS) is 12.2. The van der Waals surface area contributed by atoms with Crippen LogP contribution in [0.15, 0.2) is 6.07 Å². The standard InChI is InChI=1S/C10H17N3O3/c1-3-16-10-4-9(12-7(2)13-10)11-5-8(15)6-14/h4,8,14-15H,3,5-6H2,1-2H3,(H,11,12,13). The number of nitrogens with zero attached hydrogens (tertiary/aromatic N) is 2. The lowest BCUT2D eigenvalue weighted by Crippen LogP contribution is -2.23. The molecule has 1 aromatic rings. The number of rotatable bonds is 6. The Bertz CT molecular complexity index is 333. The summed E-state index contributed by atoms with van der Waals surface area (Å²) in [6.45, 7) is 4.12. The highest BCUT2D eigenvalue weighted by Gasteiger charge is 2.05. The van der Waals surface area contributed by atoms with E-state index < -0.39 is 6.10 Å². The van der Waals surface area contributed by atoms with Gasteiger partial charge in [0.1, 0.15) is 11.6 Å². The summed E-state index contributed by atoms with van der Waals surface area (Å²) in [5.74, 6) is 1.66. The molecule has 6 nitrogen and oxygen atoms in total. The molecule has 0 saturated heterocycles. The lowest BCUT2D eigenvalue weighted by Gasteiger charge is -2.11. The van der Waals surface area contributed by atoms with Crippen LogP contribution < -0.4 is 10.1 Å². The lowest BCUT2D eigenvalue weighted by atomic mass is 10.4. The van der Waals surface area contributed by atoms with Gasteiger partial charge in [0.05, 0.1) is 19.3 Å². The Morgan fingerprint density at radius 2 is 2.25 bits per heavy atom. The van der Waals surface area contributed by atoms with Crippen molar-refractivity contribution in [3.05, 3.63) is 11.9 Å². The molecule has 0 bridgehead atoms. The van der Waals surface area contributed by atoms with Gasteiger partial charge in [-0.25, -0.2) is 4.98 Å². The van der Waals surface area contributed by atoms with Crippen LogP contribution >= 0.6 is 0 Å². The molecule has 0 saturated carbocycles. The summed E-state index contributed by atoms with van der Waals surface area (Å²) >= 11 is 0. The first kappa shape index (κ1) is 12.7. The van der Waals surface area contributed by atoms with Gasteiger partial charge >= 0.3 is 0 Å². The van der Waals surface area contributed by atoms with Crippen molar-refractivity contribution < 1.29 is 14.9 Å². The van der Waals surface area contributed by atoms with E-state index in [0.717, 1.165) is 0 Å². The van der Waals surface area contributed by atoms with Crippen LogP contribution in [0.4, 0.5) is 5.82 Å². The predicted octanol–water partition coefficient (Wildman–Crippen LogP) is -0.0512. The molecule has 0 aromatic carbocycles. The van der Waals surface area contributed by atoms with Gasteiger partial charge < -0.3 is 20.3 Å². The van der Waals surface area contributed by atoms with Gasteiger partial charge in [0.15, 0.2) is 0 Å². The van der Waals surface area contributed by atoms with Crippen molar-refractivity contribution in [2.24, 2.45) is 0 Å². The highest BCUT2D eigenvalue weighted by atomic mass is 16.5. The third-order valence-corrected chi connectivity index (χ3v) is 1.84. The first-order chi connectivity index (χ1) is 7.65. The minimum Gasteiger partial charge on any atom is -0.478 e. The summed E-state index contributed by atoms with van der Waals surface area (Å²) in [6.07, 6.45) is -0.800. The number of aliphatic hydroxyl groups excluding tert-OH is 2. The fourth-order valence-corrected chi connectivity index (χ4v) is 1.14. The van der Waals surface area contributed by atoms with Gasteiger partial charge in [0.2, 0.25) is 5.88 Å². The first-order valence-corrected chi connectivity index (χ1v) is 5.17. The van der Waals surface area contributed by atoms with Crippen molar-refractivity contribution in [1.82, 2.24) is 9.97 Å². The maximum atomic E-state index is 9.17. The second-order valence-electron chi connectivity index (χ2n) is 3.29. The molecule has 3 N–H and O–H groups in total. The number of hydrogen-bond donors (Lipinski definition) is 3. The first-order valence-electron chi connectivity index (χ1n) is 5.17. The third-order valence-electron chi connectivity index (χ3n) is 1.84. The molecule has 1 unspecified atom stereocenters. The van der Waals surface area contributed by atoms with Gasteiger partial charge in [0.25, 0.3) is 0 Å². The molecule has 16 heavy (non-hydrogen) atoms. The van der Waals surface area contributed by atoms with Crippen LogP contribution in [0.1, 0.15) is 12.7 Å². The summed E-state index contributed by atoms with van der Waals surface area (Å²) < 4.78 is 5.26. The van der Waals surface area contributed by atoms with E-state index in [4.69, 9.17) is 9.84 Å². The van der Waals surface area contributed by atoms with Crippen LogP contribution in [-0.2, 0) is 0 Å². The van der Waals surface area contributed by atoms with Crippen molar-refractivity contribution in [3.63, 3.8) is 0 Å². The minimum atomic E-state index is -0.800. The largest absolute Gasteiger partial charge is 0.478 e. The predicted molar refractivity (Wildman–Crippen MR) is 59.5 cm³/mol. The van der Waals surface area contributed by atoms with E-state index in [2.05, 4.69) is 15.3 Å². The highest BCUT2D eigenvalue weighted by molar-refractivity contribution is 5.38. The second-order valence-corrected chi connectivity index (χ2v) is 3.29. The minimum absolute atomic E-state index is 0.235. The lowest BCUT2D eigenvalue weighted by molar-refractivity contribution is 0.105. The zero-order valence-electron chi connectivity index (χ0n) is 9.47.